The van der Waals surface area contributed by atoms with Gasteiger partial charge in [0.15, 0.2) is 0 Å². The zero-order valence-electron chi connectivity index (χ0n) is 13.2. The van der Waals surface area contributed by atoms with E-state index in [1.54, 1.807) is 0 Å². The second kappa shape index (κ2) is 7.21. The molecule has 3 unspecified atom stereocenters. The topological polar surface area (TPSA) is 24.5 Å². The van der Waals surface area contributed by atoms with Gasteiger partial charge in [-0.1, -0.05) is 36.8 Å². The Balaban J connectivity index is 2.06. The van der Waals surface area contributed by atoms with E-state index in [0.717, 1.165) is 26.2 Å². The second-order valence-electron chi connectivity index (χ2n) is 5.97. The van der Waals surface area contributed by atoms with Gasteiger partial charge in [-0.15, -0.1) is 0 Å². The molecular formula is C17H28N2O. The highest BCUT2D eigenvalue weighted by Gasteiger charge is 2.26. The molecule has 1 N–H and O–H groups in total. The fourth-order valence-corrected chi connectivity index (χ4v) is 2.79. The van der Waals surface area contributed by atoms with Gasteiger partial charge in [-0.05, 0) is 32.9 Å². The third kappa shape index (κ3) is 4.05. The maximum absolute atomic E-state index is 5.72. The van der Waals surface area contributed by atoms with Crippen molar-refractivity contribution in [1.82, 2.24) is 10.2 Å². The summed E-state index contributed by atoms with van der Waals surface area (Å²) in [6.45, 7) is 12.6. The summed E-state index contributed by atoms with van der Waals surface area (Å²) in [6, 6.07) is 9.79. The standard InChI is InChI=1S/C17H28N2O/c1-5-18-17(16-8-6-13(2)7-9-16)11-19-10-15(4)20-12-14(19)3/h6-9,14-15,17-18H,5,10-12H2,1-4H3. The molecule has 112 valence electrons. The van der Waals surface area contributed by atoms with E-state index in [9.17, 15) is 0 Å². The summed E-state index contributed by atoms with van der Waals surface area (Å²) in [5.41, 5.74) is 2.70. The lowest BCUT2D eigenvalue weighted by Gasteiger charge is -2.39. The predicted octanol–water partition coefficient (Wildman–Crippen LogP) is 2.75. The van der Waals surface area contributed by atoms with Crippen molar-refractivity contribution in [1.29, 1.82) is 0 Å². The van der Waals surface area contributed by atoms with Crippen molar-refractivity contribution >= 4 is 0 Å². The molecule has 0 aliphatic carbocycles. The monoisotopic (exact) mass is 276 g/mol. The van der Waals surface area contributed by atoms with Crippen molar-refractivity contribution in [3.05, 3.63) is 35.4 Å². The molecular weight excluding hydrogens is 248 g/mol. The first-order chi connectivity index (χ1) is 9.60. The molecule has 1 aliphatic rings. The largest absolute Gasteiger partial charge is 0.376 e. The van der Waals surface area contributed by atoms with Crippen LogP contribution in [-0.4, -0.2) is 43.3 Å². The van der Waals surface area contributed by atoms with E-state index in [0.29, 0.717) is 18.2 Å². The van der Waals surface area contributed by atoms with E-state index in [1.807, 2.05) is 0 Å². The number of hydrogen-bond donors (Lipinski definition) is 1. The first-order valence-electron chi connectivity index (χ1n) is 7.75. The summed E-state index contributed by atoms with van der Waals surface area (Å²) in [5, 5.41) is 3.62. The minimum absolute atomic E-state index is 0.339. The smallest absolute Gasteiger partial charge is 0.0674 e. The number of benzene rings is 1. The minimum Gasteiger partial charge on any atom is -0.376 e. The average Bonchev–Trinajstić information content (AvgIpc) is 2.43. The second-order valence-corrected chi connectivity index (χ2v) is 5.97. The molecule has 3 atom stereocenters. The molecule has 3 nitrogen and oxygen atoms in total. The maximum atomic E-state index is 5.72. The fourth-order valence-electron chi connectivity index (χ4n) is 2.79. The van der Waals surface area contributed by atoms with Crippen LogP contribution >= 0.6 is 0 Å². The first kappa shape index (κ1) is 15.5. The lowest BCUT2D eigenvalue weighted by molar-refractivity contribution is -0.0521. The highest BCUT2D eigenvalue weighted by molar-refractivity contribution is 5.24. The van der Waals surface area contributed by atoms with Crippen molar-refractivity contribution in [3.63, 3.8) is 0 Å². The minimum atomic E-state index is 0.339. The van der Waals surface area contributed by atoms with Crippen LogP contribution in [0.3, 0.4) is 0 Å². The summed E-state index contributed by atoms with van der Waals surface area (Å²) >= 11 is 0. The Hall–Kier alpha value is -0.900. The molecule has 3 heteroatoms. The Kier molecular flexibility index (Phi) is 5.58. The van der Waals surface area contributed by atoms with Crippen LogP contribution < -0.4 is 5.32 Å². The molecule has 1 saturated heterocycles. The number of hydrogen-bond acceptors (Lipinski definition) is 3. The molecule has 0 spiro atoms. The number of nitrogens with one attached hydrogen (secondary N) is 1. The molecule has 0 amide bonds. The fraction of sp³-hybridized carbons (Fsp3) is 0.647. The molecule has 2 rings (SSSR count). The van der Waals surface area contributed by atoms with Crippen molar-refractivity contribution in [2.75, 3.05) is 26.2 Å². The molecule has 0 bridgehead atoms. The molecule has 1 fully saturated rings. The Morgan fingerprint density at radius 3 is 2.65 bits per heavy atom. The van der Waals surface area contributed by atoms with Gasteiger partial charge in [-0.3, -0.25) is 4.90 Å². The van der Waals surface area contributed by atoms with Crippen LogP contribution in [-0.2, 0) is 4.74 Å². The average molecular weight is 276 g/mol. The number of ether oxygens (including phenoxy) is 1. The van der Waals surface area contributed by atoms with E-state index in [2.05, 4.69) is 62.2 Å². The molecule has 1 aromatic carbocycles. The number of rotatable bonds is 5. The Morgan fingerprint density at radius 2 is 2.00 bits per heavy atom. The van der Waals surface area contributed by atoms with Gasteiger partial charge in [0.1, 0.15) is 0 Å². The third-order valence-corrected chi connectivity index (χ3v) is 4.08. The Labute approximate surface area is 123 Å². The van der Waals surface area contributed by atoms with Crippen LogP contribution in [0.5, 0.6) is 0 Å². The molecule has 1 aromatic rings. The Morgan fingerprint density at radius 1 is 1.30 bits per heavy atom. The van der Waals surface area contributed by atoms with E-state index in [4.69, 9.17) is 4.74 Å². The van der Waals surface area contributed by atoms with Crippen molar-refractivity contribution in [2.24, 2.45) is 0 Å². The van der Waals surface area contributed by atoms with Gasteiger partial charge in [0.2, 0.25) is 0 Å². The van der Waals surface area contributed by atoms with Gasteiger partial charge in [0.25, 0.3) is 0 Å². The van der Waals surface area contributed by atoms with Crippen LogP contribution in [0.25, 0.3) is 0 Å². The SMILES string of the molecule is CCNC(CN1CC(C)OCC1C)c1ccc(C)cc1. The van der Waals surface area contributed by atoms with Crippen molar-refractivity contribution in [2.45, 2.75) is 45.9 Å². The van der Waals surface area contributed by atoms with Gasteiger partial charge in [0.05, 0.1) is 12.7 Å². The summed E-state index contributed by atoms with van der Waals surface area (Å²) < 4.78 is 5.72. The zero-order chi connectivity index (χ0) is 14.5. The first-order valence-corrected chi connectivity index (χ1v) is 7.75. The van der Waals surface area contributed by atoms with E-state index >= 15 is 0 Å². The zero-order valence-corrected chi connectivity index (χ0v) is 13.2. The van der Waals surface area contributed by atoms with Gasteiger partial charge >= 0.3 is 0 Å². The molecule has 1 heterocycles. The number of nitrogens with zero attached hydrogens (tertiary/aromatic N) is 1. The summed E-state index contributed by atoms with van der Waals surface area (Å²) in [7, 11) is 0. The highest BCUT2D eigenvalue weighted by atomic mass is 16.5. The lowest BCUT2D eigenvalue weighted by Crippen LogP contribution is -2.50. The lowest BCUT2D eigenvalue weighted by atomic mass is 10.0. The van der Waals surface area contributed by atoms with E-state index in [-0.39, 0.29) is 0 Å². The quantitative estimate of drug-likeness (QED) is 0.895. The normalized spacial score (nSPS) is 25.6. The van der Waals surface area contributed by atoms with Crippen LogP contribution in [0.1, 0.15) is 37.9 Å². The Bertz CT molecular complexity index is 404. The molecule has 20 heavy (non-hydrogen) atoms. The molecule has 0 saturated carbocycles. The summed E-state index contributed by atoms with van der Waals surface area (Å²) in [5.74, 6) is 0. The molecule has 1 aliphatic heterocycles. The number of likely N-dealkylation sites (N-methyl/N-ethyl adjacent to an activating group) is 1. The third-order valence-electron chi connectivity index (χ3n) is 4.08. The predicted molar refractivity (Wildman–Crippen MR) is 84.0 cm³/mol. The van der Waals surface area contributed by atoms with Gasteiger partial charge < -0.3 is 10.1 Å². The van der Waals surface area contributed by atoms with Crippen molar-refractivity contribution in [3.8, 4) is 0 Å². The number of aryl methyl sites for hydroxylation is 1. The van der Waals surface area contributed by atoms with Crippen LogP contribution in [0, 0.1) is 6.92 Å². The van der Waals surface area contributed by atoms with Crippen LogP contribution in [0.15, 0.2) is 24.3 Å². The van der Waals surface area contributed by atoms with Crippen LogP contribution in [0.4, 0.5) is 0 Å². The summed E-state index contributed by atoms with van der Waals surface area (Å²) in [4.78, 5) is 2.54. The van der Waals surface area contributed by atoms with Crippen LogP contribution in [0.2, 0.25) is 0 Å². The maximum Gasteiger partial charge on any atom is 0.0674 e. The summed E-state index contributed by atoms with van der Waals surface area (Å²) in [6.07, 6.45) is 0.339. The van der Waals surface area contributed by atoms with E-state index in [1.165, 1.54) is 11.1 Å². The van der Waals surface area contributed by atoms with Gasteiger partial charge in [0, 0.05) is 25.2 Å². The molecule has 0 radical (unpaired) electrons. The van der Waals surface area contributed by atoms with E-state index < -0.39 is 0 Å². The number of morpholine rings is 1. The van der Waals surface area contributed by atoms with Crippen molar-refractivity contribution < 1.29 is 4.74 Å². The van der Waals surface area contributed by atoms with Gasteiger partial charge in [-0.2, -0.15) is 0 Å². The highest BCUT2D eigenvalue weighted by Crippen LogP contribution is 2.19. The molecule has 0 aromatic heterocycles. The van der Waals surface area contributed by atoms with Gasteiger partial charge in [-0.25, -0.2) is 0 Å².